The number of rotatable bonds is 2. The van der Waals surface area contributed by atoms with Crippen LogP contribution in [0.25, 0.3) is 0 Å². The van der Waals surface area contributed by atoms with Crippen molar-refractivity contribution in [2.75, 3.05) is 0 Å². The summed E-state index contributed by atoms with van der Waals surface area (Å²) >= 11 is 0. The second-order valence-corrected chi connectivity index (χ2v) is 5.19. The quantitative estimate of drug-likeness (QED) is 0.591. The summed E-state index contributed by atoms with van der Waals surface area (Å²) in [5.74, 6) is 3.39. The smallest absolute Gasteiger partial charge is 0.0357 e. The average molecular weight is 180 g/mol. The molecule has 0 aromatic heterocycles. The highest BCUT2D eigenvalue weighted by molar-refractivity contribution is 4.84. The average Bonchev–Trinajstić information content (AvgIpc) is 2.19. The van der Waals surface area contributed by atoms with Gasteiger partial charge in [0.25, 0.3) is 0 Å². The van der Waals surface area contributed by atoms with E-state index in [1.807, 2.05) is 0 Å². The molecule has 2 aliphatic rings. The molecule has 2 fully saturated rings. The standard InChI is InChI=1S/C13H24/c1-2-6-11-8-5-9-12-7-3-4-10-13(11)12/h11-13H,2-10H2,1H3/t11-,12+,13+/m0/s1. The van der Waals surface area contributed by atoms with Gasteiger partial charge in [-0.15, -0.1) is 0 Å². The maximum absolute atomic E-state index is 2.35. The normalized spacial score (nSPS) is 39.9. The van der Waals surface area contributed by atoms with Crippen molar-refractivity contribution in [2.24, 2.45) is 17.8 Å². The molecule has 13 heavy (non-hydrogen) atoms. The van der Waals surface area contributed by atoms with E-state index in [9.17, 15) is 0 Å². The highest BCUT2D eigenvalue weighted by atomic mass is 14.4. The van der Waals surface area contributed by atoms with Gasteiger partial charge in [-0.25, -0.2) is 0 Å². The summed E-state index contributed by atoms with van der Waals surface area (Å²) in [7, 11) is 0. The van der Waals surface area contributed by atoms with E-state index < -0.39 is 0 Å². The molecule has 2 aliphatic carbocycles. The minimum absolute atomic E-state index is 1.11. The van der Waals surface area contributed by atoms with E-state index in [1.54, 1.807) is 25.7 Å². The van der Waals surface area contributed by atoms with Crippen molar-refractivity contribution in [3.63, 3.8) is 0 Å². The Morgan fingerprint density at radius 3 is 2.54 bits per heavy atom. The van der Waals surface area contributed by atoms with Gasteiger partial charge in [-0.05, 0) is 24.2 Å². The van der Waals surface area contributed by atoms with Crippen molar-refractivity contribution in [3.8, 4) is 0 Å². The fourth-order valence-electron chi connectivity index (χ4n) is 3.80. The lowest BCUT2D eigenvalue weighted by Gasteiger charge is -2.41. The van der Waals surface area contributed by atoms with Crippen molar-refractivity contribution in [3.05, 3.63) is 0 Å². The maximum Gasteiger partial charge on any atom is -0.0357 e. The van der Waals surface area contributed by atoms with E-state index in [-0.39, 0.29) is 0 Å². The number of fused-ring (bicyclic) bond motifs is 1. The molecule has 3 atom stereocenters. The summed E-state index contributed by atoms with van der Waals surface area (Å²) < 4.78 is 0. The van der Waals surface area contributed by atoms with Crippen LogP contribution in [0.5, 0.6) is 0 Å². The van der Waals surface area contributed by atoms with Gasteiger partial charge in [-0.3, -0.25) is 0 Å². The Bertz CT molecular complexity index is 146. The predicted octanol–water partition coefficient (Wildman–Crippen LogP) is 4.39. The lowest BCUT2D eigenvalue weighted by Crippen LogP contribution is -2.30. The van der Waals surface area contributed by atoms with Gasteiger partial charge in [0, 0.05) is 0 Å². The van der Waals surface area contributed by atoms with E-state index >= 15 is 0 Å². The van der Waals surface area contributed by atoms with Crippen molar-refractivity contribution in [1.82, 2.24) is 0 Å². The molecule has 0 heterocycles. The molecule has 0 spiro atoms. The van der Waals surface area contributed by atoms with Crippen LogP contribution in [0.2, 0.25) is 0 Å². The first kappa shape index (κ1) is 9.55. The zero-order chi connectivity index (χ0) is 9.10. The van der Waals surface area contributed by atoms with Crippen molar-refractivity contribution >= 4 is 0 Å². The molecule has 76 valence electrons. The molecule has 0 aliphatic heterocycles. The fraction of sp³-hybridized carbons (Fsp3) is 1.00. The zero-order valence-corrected chi connectivity index (χ0v) is 9.10. The molecule has 0 nitrogen and oxygen atoms in total. The molecule has 0 heteroatoms. The largest absolute Gasteiger partial charge is 0.0654 e. The molecule has 0 unspecified atom stereocenters. The van der Waals surface area contributed by atoms with Crippen molar-refractivity contribution in [2.45, 2.75) is 64.7 Å². The van der Waals surface area contributed by atoms with Crippen molar-refractivity contribution in [1.29, 1.82) is 0 Å². The first-order chi connectivity index (χ1) is 6.42. The van der Waals surface area contributed by atoms with Crippen LogP contribution in [0.3, 0.4) is 0 Å². The zero-order valence-electron chi connectivity index (χ0n) is 9.10. The Morgan fingerprint density at radius 1 is 0.923 bits per heavy atom. The van der Waals surface area contributed by atoms with Gasteiger partial charge in [-0.2, -0.15) is 0 Å². The summed E-state index contributed by atoms with van der Waals surface area (Å²) in [6.45, 7) is 2.35. The maximum atomic E-state index is 2.35. The van der Waals surface area contributed by atoms with E-state index in [0.29, 0.717) is 0 Å². The molecule has 0 N–H and O–H groups in total. The van der Waals surface area contributed by atoms with Crippen molar-refractivity contribution < 1.29 is 0 Å². The van der Waals surface area contributed by atoms with Gasteiger partial charge >= 0.3 is 0 Å². The second kappa shape index (κ2) is 4.48. The molecular weight excluding hydrogens is 156 g/mol. The summed E-state index contributed by atoms with van der Waals surface area (Å²) in [5, 5.41) is 0. The topological polar surface area (TPSA) is 0 Å². The third-order valence-electron chi connectivity index (χ3n) is 4.38. The van der Waals surface area contributed by atoms with E-state index in [1.165, 1.54) is 32.1 Å². The molecule has 0 aromatic rings. The van der Waals surface area contributed by atoms with Crippen LogP contribution in [0.4, 0.5) is 0 Å². The van der Waals surface area contributed by atoms with Crippen LogP contribution in [-0.2, 0) is 0 Å². The Balaban J connectivity index is 1.94. The van der Waals surface area contributed by atoms with Gasteiger partial charge in [-0.1, -0.05) is 58.3 Å². The highest BCUT2D eigenvalue weighted by Gasteiger charge is 2.33. The first-order valence-corrected chi connectivity index (χ1v) is 6.42. The lowest BCUT2D eigenvalue weighted by molar-refractivity contribution is 0.0975. The Morgan fingerprint density at radius 2 is 1.69 bits per heavy atom. The van der Waals surface area contributed by atoms with Crippen LogP contribution >= 0.6 is 0 Å². The number of hydrogen-bond acceptors (Lipinski definition) is 0. The minimum Gasteiger partial charge on any atom is -0.0654 e. The molecule has 0 saturated heterocycles. The van der Waals surface area contributed by atoms with Gasteiger partial charge in [0.1, 0.15) is 0 Å². The molecule has 0 radical (unpaired) electrons. The molecule has 2 saturated carbocycles. The Hall–Kier alpha value is 0. The van der Waals surface area contributed by atoms with Gasteiger partial charge in [0.05, 0.1) is 0 Å². The van der Waals surface area contributed by atoms with E-state index in [0.717, 1.165) is 17.8 Å². The lowest BCUT2D eigenvalue weighted by atomic mass is 9.64. The summed E-state index contributed by atoms with van der Waals surface area (Å²) in [6, 6.07) is 0. The monoisotopic (exact) mass is 180 g/mol. The van der Waals surface area contributed by atoms with Gasteiger partial charge < -0.3 is 0 Å². The second-order valence-electron chi connectivity index (χ2n) is 5.19. The molecule has 0 amide bonds. The summed E-state index contributed by atoms with van der Waals surface area (Å²) in [6.07, 6.45) is 13.8. The summed E-state index contributed by atoms with van der Waals surface area (Å²) in [4.78, 5) is 0. The fourth-order valence-corrected chi connectivity index (χ4v) is 3.80. The summed E-state index contributed by atoms with van der Waals surface area (Å²) in [5.41, 5.74) is 0. The molecular formula is C13H24. The van der Waals surface area contributed by atoms with Crippen LogP contribution in [-0.4, -0.2) is 0 Å². The van der Waals surface area contributed by atoms with Gasteiger partial charge in [0.2, 0.25) is 0 Å². The van der Waals surface area contributed by atoms with E-state index in [4.69, 9.17) is 0 Å². The Kier molecular flexibility index (Phi) is 3.29. The van der Waals surface area contributed by atoms with Gasteiger partial charge in [0.15, 0.2) is 0 Å². The third kappa shape index (κ3) is 2.08. The highest BCUT2D eigenvalue weighted by Crippen LogP contribution is 2.45. The third-order valence-corrected chi connectivity index (χ3v) is 4.38. The minimum atomic E-state index is 1.11. The molecule has 0 bridgehead atoms. The predicted molar refractivity (Wildman–Crippen MR) is 57.7 cm³/mol. The number of hydrogen-bond donors (Lipinski definition) is 0. The van der Waals surface area contributed by atoms with Crippen LogP contribution in [0, 0.1) is 17.8 Å². The molecule has 0 aromatic carbocycles. The van der Waals surface area contributed by atoms with Crippen LogP contribution in [0.15, 0.2) is 0 Å². The van der Waals surface area contributed by atoms with Crippen LogP contribution < -0.4 is 0 Å². The SMILES string of the molecule is CCC[C@H]1CCC[C@H]2CCCC[C@@H]21. The van der Waals surface area contributed by atoms with Crippen LogP contribution in [0.1, 0.15) is 64.7 Å². The van der Waals surface area contributed by atoms with E-state index in [2.05, 4.69) is 6.92 Å². The Labute approximate surface area is 83.1 Å². The first-order valence-electron chi connectivity index (χ1n) is 6.42. The molecule has 2 rings (SSSR count).